The molecule has 0 fully saturated rings. The first-order valence-electron chi connectivity index (χ1n) is 12.9. The average Bonchev–Trinajstić information content (AvgIpc) is 2.95. The third-order valence-electron chi connectivity index (χ3n) is 5.77. The summed E-state index contributed by atoms with van der Waals surface area (Å²) in [6.07, 6.45) is 0. The molecule has 0 heterocycles. The second-order valence-electron chi connectivity index (χ2n) is 8.49. The van der Waals surface area contributed by atoms with Crippen LogP contribution in [0.15, 0.2) is 24.3 Å². The normalized spacial score (nSPS) is 12.3. The highest BCUT2D eigenvalue weighted by atomic mass is 16.6. The number of ether oxygens (including phenoxy) is 8. The predicted molar refractivity (Wildman–Crippen MR) is 141 cm³/mol. The van der Waals surface area contributed by atoms with Gasteiger partial charge < -0.3 is 48.1 Å². The van der Waals surface area contributed by atoms with Crippen LogP contribution in [0.2, 0.25) is 0 Å². The molecule has 2 N–H and O–H groups in total. The summed E-state index contributed by atoms with van der Waals surface area (Å²) in [5.74, 6) is -2.01. The van der Waals surface area contributed by atoms with Gasteiger partial charge in [-0.05, 0) is 18.2 Å². The molecule has 0 spiro atoms. The van der Waals surface area contributed by atoms with Crippen LogP contribution in [0.5, 0.6) is 23.0 Å². The summed E-state index contributed by atoms with van der Waals surface area (Å²) in [6, 6.07) is 5.54. The molecule has 0 amide bonds. The summed E-state index contributed by atoms with van der Waals surface area (Å²) in [6.45, 7) is 4.23. The standard InChI is InChI=1S/C28H36O12/c1-33-5-7-35-9-11-37-13-15-39-19-3-4-20-21(17-19)27(31)24-22(29)18-23(28(32)25(24)26(20)30)40-16-14-38-12-10-36-8-6-34-2/h3-4,17-18,29,32H,5-16H2,1-2H3. The van der Waals surface area contributed by atoms with Gasteiger partial charge in [-0.1, -0.05) is 0 Å². The number of fused-ring (bicyclic) bond motifs is 2. The smallest absolute Gasteiger partial charge is 0.198 e. The van der Waals surface area contributed by atoms with Crippen LogP contribution >= 0.6 is 0 Å². The molecule has 0 saturated carbocycles. The lowest BCUT2D eigenvalue weighted by molar-refractivity contribution is 0.0178. The maximum Gasteiger partial charge on any atom is 0.198 e. The van der Waals surface area contributed by atoms with Gasteiger partial charge in [0.15, 0.2) is 23.1 Å². The number of carbonyl (C=O) groups is 2. The van der Waals surface area contributed by atoms with Crippen molar-refractivity contribution in [3.8, 4) is 23.0 Å². The third kappa shape index (κ3) is 8.62. The summed E-state index contributed by atoms with van der Waals surface area (Å²) >= 11 is 0. The van der Waals surface area contributed by atoms with Gasteiger partial charge in [-0.15, -0.1) is 0 Å². The molecular weight excluding hydrogens is 528 g/mol. The summed E-state index contributed by atoms with van der Waals surface area (Å²) in [5.41, 5.74) is -0.458. The van der Waals surface area contributed by atoms with Crippen LogP contribution in [0.3, 0.4) is 0 Å². The number of benzene rings is 2. The van der Waals surface area contributed by atoms with Crippen molar-refractivity contribution in [1.82, 2.24) is 0 Å². The molecular formula is C28H36O12. The zero-order valence-electron chi connectivity index (χ0n) is 22.8. The van der Waals surface area contributed by atoms with E-state index in [-0.39, 0.29) is 47.8 Å². The van der Waals surface area contributed by atoms with Gasteiger partial charge in [0, 0.05) is 31.4 Å². The van der Waals surface area contributed by atoms with Crippen molar-refractivity contribution in [2.24, 2.45) is 0 Å². The Balaban J connectivity index is 1.55. The summed E-state index contributed by atoms with van der Waals surface area (Å²) in [4.78, 5) is 26.5. The lowest BCUT2D eigenvalue weighted by atomic mass is 9.82. The van der Waals surface area contributed by atoms with Gasteiger partial charge in [0.05, 0.1) is 77.2 Å². The quantitative estimate of drug-likeness (QED) is 0.153. The lowest BCUT2D eigenvalue weighted by Gasteiger charge is -2.21. The third-order valence-corrected chi connectivity index (χ3v) is 5.77. The van der Waals surface area contributed by atoms with E-state index < -0.39 is 23.1 Å². The van der Waals surface area contributed by atoms with Gasteiger partial charge in [0.2, 0.25) is 0 Å². The number of hydrogen-bond acceptors (Lipinski definition) is 12. The number of ketones is 2. The zero-order chi connectivity index (χ0) is 28.7. The molecule has 0 bridgehead atoms. The number of carbonyl (C=O) groups excluding carboxylic acids is 2. The summed E-state index contributed by atoms with van der Waals surface area (Å²) in [5, 5.41) is 21.4. The largest absolute Gasteiger partial charge is 0.507 e. The highest BCUT2D eigenvalue weighted by molar-refractivity contribution is 6.30. The van der Waals surface area contributed by atoms with Crippen LogP contribution in [0.4, 0.5) is 0 Å². The number of rotatable bonds is 20. The minimum absolute atomic E-state index is 0.0356. The molecule has 2 aromatic carbocycles. The van der Waals surface area contributed by atoms with Gasteiger partial charge in [-0.2, -0.15) is 0 Å². The Bertz CT molecular complexity index is 1110. The van der Waals surface area contributed by atoms with Gasteiger partial charge in [-0.25, -0.2) is 0 Å². The first kappa shape index (κ1) is 31.3. The molecule has 2 aromatic rings. The van der Waals surface area contributed by atoms with Gasteiger partial charge in [0.25, 0.3) is 0 Å². The molecule has 220 valence electrons. The zero-order valence-corrected chi connectivity index (χ0v) is 22.8. The monoisotopic (exact) mass is 564 g/mol. The SMILES string of the molecule is COCCOCCOCCOc1ccc2c(c1)C(=O)c1c(O)cc(OCCOCCOCCOC)c(O)c1C2=O. The molecule has 12 heteroatoms. The van der Waals surface area contributed by atoms with Crippen LogP contribution in [0, 0.1) is 0 Å². The van der Waals surface area contributed by atoms with E-state index in [1.165, 1.54) is 12.1 Å². The van der Waals surface area contributed by atoms with Gasteiger partial charge in [0.1, 0.15) is 24.7 Å². The topological polar surface area (TPSA) is 148 Å². The van der Waals surface area contributed by atoms with E-state index in [9.17, 15) is 19.8 Å². The second kappa shape index (κ2) is 16.8. The molecule has 0 atom stereocenters. The van der Waals surface area contributed by atoms with E-state index >= 15 is 0 Å². The van der Waals surface area contributed by atoms with Crippen LogP contribution in [-0.2, 0) is 28.4 Å². The highest BCUT2D eigenvalue weighted by Gasteiger charge is 2.36. The molecule has 0 unspecified atom stereocenters. The molecule has 0 saturated heterocycles. The van der Waals surface area contributed by atoms with E-state index in [0.717, 1.165) is 6.07 Å². The molecule has 12 nitrogen and oxygen atoms in total. The molecule has 0 aromatic heterocycles. The number of hydrogen-bond donors (Lipinski definition) is 2. The number of phenols is 2. The molecule has 0 radical (unpaired) electrons. The average molecular weight is 565 g/mol. The van der Waals surface area contributed by atoms with Crippen molar-refractivity contribution in [2.75, 3.05) is 93.5 Å². The Kier molecular flexibility index (Phi) is 13.1. The highest BCUT2D eigenvalue weighted by Crippen LogP contribution is 2.43. The van der Waals surface area contributed by atoms with Crippen LogP contribution < -0.4 is 9.47 Å². The van der Waals surface area contributed by atoms with Crippen molar-refractivity contribution in [2.45, 2.75) is 0 Å². The minimum Gasteiger partial charge on any atom is -0.507 e. The molecule has 3 rings (SSSR count). The molecule has 1 aliphatic rings. The van der Waals surface area contributed by atoms with Crippen molar-refractivity contribution >= 4 is 11.6 Å². The molecule has 1 aliphatic carbocycles. The fraction of sp³-hybridized carbons (Fsp3) is 0.500. The Hall–Kier alpha value is -3.26. The van der Waals surface area contributed by atoms with Crippen LogP contribution in [0.1, 0.15) is 31.8 Å². The minimum atomic E-state index is -0.615. The van der Waals surface area contributed by atoms with E-state index in [4.69, 9.17) is 37.9 Å². The Morgan fingerprint density at radius 2 is 1.07 bits per heavy atom. The van der Waals surface area contributed by atoms with Crippen molar-refractivity contribution in [3.05, 3.63) is 46.5 Å². The van der Waals surface area contributed by atoms with Gasteiger partial charge >= 0.3 is 0 Å². The maximum atomic E-state index is 13.2. The first-order chi connectivity index (χ1) is 19.5. The predicted octanol–water partition coefficient (Wildman–Crippen LogP) is 1.99. The maximum absolute atomic E-state index is 13.2. The molecule has 0 aliphatic heterocycles. The number of methoxy groups -OCH3 is 2. The van der Waals surface area contributed by atoms with E-state index in [2.05, 4.69) is 0 Å². The van der Waals surface area contributed by atoms with Crippen LogP contribution in [0.25, 0.3) is 0 Å². The van der Waals surface area contributed by atoms with Gasteiger partial charge in [-0.3, -0.25) is 9.59 Å². The fourth-order valence-electron chi connectivity index (χ4n) is 3.82. The number of aromatic hydroxyl groups is 2. The van der Waals surface area contributed by atoms with Crippen molar-refractivity contribution in [3.63, 3.8) is 0 Å². The Labute approximate surface area is 232 Å². The van der Waals surface area contributed by atoms with Crippen molar-refractivity contribution < 1.29 is 57.7 Å². The van der Waals surface area contributed by atoms with E-state index in [1.54, 1.807) is 20.3 Å². The lowest BCUT2D eigenvalue weighted by Crippen LogP contribution is -2.22. The molecule has 40 heavy (non-hydrogen) atoms. The second-order valence-corrected chi connectivity index (χ2v) is 8.49. The summed E-state index contributed by atoms with van der Waals surface area (Å²) in [7, 11) is 3.19. The first-order valence-corrected chi connectivity index (χ1v) is 12.9. The number of phenolic OH excluding ortho intramolecular Hbond substituents is 2. The van der Waals surface area contributed by atoms with Crippen LogP contribution in [-0.4, -0.2) is 115 Å². The van der Waals surface area contributed by atoms with Crippen molar-refractivity contribution in [1.29, 1.82) is 0 Å². The Morgan fingerprint density at radius 3 is 1.65 bits per heavy atom. The van der Waals surface area contributed by atoms with E-state index in [0.29, 0.717) is 65.2 Å². The fourth-order valence-corrected chi connectivity index (χ4v) is 3.82. The Morgan fingerprint density at radius 1 is 0.575 bits per heavy atom. The summed E-state index contributed by atoms with van der Waals surface area (Å²) < 4.78 is 42.4. The van der Waals surface area contributed by atoms with E-state index in [1.807, 2.05) is 0 Å².